The van der Waals surface area contributed by atoms with Crippen LogP contribution in [0.2, 0.25) is 5.02 Å². The molecule has 0 spiro atoms. The van der Waals surface area contributed by atoms with Crippen molar-refractivity contribution >= 4 is 29.3 Å². The molecule has 9 heteroatoms. The monoisotopic (exact) mass is 481 g/mol. The van der Waals surface area contributed by atoms with Crippen LogP contribution >= 0.6 is 23.4 Å². The molecule has 1 unspecified atom stereocenters. The van der Waals surface area contributed by atoms with E-state index in [1.807, 2.05) is 41.8 Å². The van der Waals surface area contributed by atoms with E-state index in [-0.39, 0.29) is 11.7 Å². The van der Waals surface area contributed by atoms with Gasteiger partial charge in [0.2, 0.25) is 5.91 Å². The summed E-state index contributed by atoms with van der Waals surface area (Å²) >= 11 is 7.69. The van der Waals surface area contributed by atoms with Crippen molar-refractivity contribution in [1.29, 1.82) is 0 Å². The van der Waals surface area contributed by atoms with Gasteiger partial charge >= 0.3 is 0 Å². The maximum atomic E-state index is 13.1. The lowest BCUT2D eigenvalue weighted by Gasteiger charge is -2.16. The number of amides is 1. The number of carbonyl (C=O) groups is 1. The van der Waals surface area contributed by atoms with Crippen LogP contribution in [0.4, 0.5) is 4.39 Å². The summed E-state index contributed by atoms with van der Waals surface area (Å²) in [5.41, 5.74) is 3.38. The lowest BCUT2D eigenvalue weighted by atomic mass is 10.2. The third-order valence-electron chi connectivity index (χ3n) is 5.08. The van der Waals surface area contributed by atoms with Gasteiger partial charge in [0.05, 0.1) is 10.9 Å². The van der Waals surface area contributed by atoms with E-state index in [1.165, 1.54) is 23.9 Å². The van der Waals surface area contributed by atoms with Gasteiger partial charge in [0.1, 0.15) is 5.82 Å². The van der Waals surface area contributed by atoms with Crippen LogP contribution in [0.1, 0.15) is 18.1 Å². The maximum absolute atomic E-state index is 13.1. The molecule has 4 rings (SSSR count). The molecule has 2 heterocycles. The topological polar surface area (TPSA) is 72.7 Å². The molecule has 0 saturated heterocycles. The van der Waals surface area contributed by atoms with E-state index in [2.05, 4.69) is 20.5 Å². The van der Waals surface area contributed by atoms with E-state index in [1.54, 1.807) is 31.5 Å². The van der Waals surface area contributed by atoms with Crippen LogP contribution in [0.15, 0.2) is 72.1 Å². The molecule has 0 fully saturated rings. The summed E-state index contributed by atoms with van der Waals surface area (Å²) in [5, 5.41) is 12.4. The van der Waals surface area contributed by atoms with E-state index in [0.717, 1.165) is 22.4 Å². The summed E-state index contributed by atoms with van der Waals surface area (Å²) in [6.07, 6.45) is 3.38. The molecule has 1 atom stereocenters. The molecule has 0 radical (unpaired) electrons. The summed E-state index contributed by atoms with van der Waals surface area (Å²) in [5.74, 6) is 0.158. The molecule has 2 aromatic heterocycles. The fourth-order valence-corrected chi connectivity index (χ4v) is 4.29. The summed E-state index contributed by atoms with van der Waals surface area (Å²) in [6.45, 7) is 4.05. The van der Waals surface area contributed by atoms with Crippen LogP contribution in [0.25, 0.3) is 17.1 Å². The molecule has 0 bridgehead atoms. The zero-order valence-corrected chi connectivity index (χ0v) is 19.6. The largest absolute Gasteiger partial charge is 0.351 e. The Morgan fingerprint density at radius 3 is 2.58 bits per heavy atom. The van der Waals surface area contributed by atoms with E-state index in [4.69, 9.17) is 11.6 Å². The van der Waals surface area contributed by atoms with Crippen LogP contribution in [-0.4, -0.2) is 30.9 Å². The Morgan fingerprint density at radius 1 is 1.12 bits per heavy atom. The number of nitrogens with zero attached hydrogens (tertiary/aromatic N) is 4. The Bertz CT molecular complexity index is 1260. The van der Waals surface area contributed by atoms with E-state index in [9.17, 15) is 9.18 Å². The van der Waals surface area contributed by atoms with Gasteiger partial charge in [-0.3, -0.25) is 14.3 Å². The fraction of sp³-hybridized carbons (Fsp3) is 0.167. The van der Waals surface area contributed by atoms with Gasteiger partial charge in [-0.25, -0.2) is 4.39 Å². The maximum Gasteiger partial charge on any atom is 0.233 e. The Balaban J connectivity index is 1.60. The molecular formula is C24H21ClFN5OS. The first-order valence-electron chi connectivity index (χ1n) is 10.2. The average molecular weight is 482 g/mol. The van der Waals surface area contributed by atoms with Crippen molar-refractivity contribution in [3.05, 3.63) is 89.0 Å². The van der Waals surface area contributed by atoms with Crippen molar-refractivity contribution in [1.82, 2.24) is 25.1 Å². The number of thioether (sulfide) groups is 1. The normalized spacial score (nSPS) is 11.9. The van der Waals surface area contributed by atoms with Crippen LogP contribution in [0.3, 0.4) is 0 Å². The van der Waals surface area contributed by atoms with Crippen molar-refractivity contribution in [2.45, 2.75) is 30.8 Å². The summed E-state index contributed by atoms with van der Waals surface area (Å²) < 4.78 is 15.0. The van der Waals surface area contributed by atoms with Gasteiger partial charge in [0.15, 0.2) is 11.0 Å². The Labute approximate surface area is 200 Å². The van der Waals surface area contributed by atoms with Crippen molar-refractivity contribution in [3.63, 3.8) is 0 Å². The SMILES string of the molecule is Cc1c(Cl)cccc1-n1c(SC(C)C(=O)NCc2ccc(F)cc2)nnc1-c1ccncc1. The molecule has 0 saturated carbocycles. The number of hydrogen-bond acceptors (Lipinski definition) is 5. The third kappa shape index (κ3) is 5.23. The highest BCUT2D eigenvalue weighted by atomic mass is 35.5. The number of benzene rings is 2. The fourth-order valence-electron chi connectivity index (χ4n) is 3.24. The third-order valence-corrected chi connectivity index (χ3v) is 6.54. The second kappa shape index (κ2) is 10.1. The highest BCUT2D eigenvalue weighted by Gasteiger charge is 2.23. The van der Waals surface area contributed by atoms with Crippen LogP contribution < -0.4 is 5.32 Å². The lowest BCUT2D eigenvalue weighted by Crippen LogP contribution is -2.30. The van der Waals surface area contributed by atoms with Crippen molar-refractivity contribution in [3.8, 4) is 17.1 Å². The average Bonchev–Trinajstić information content (AvgIpc) is 3.24. The predicted octanol–water partition coefficient (Wildman–Crippen LogP) is 5.23. The highest BCUT2D eigenvalue weighted by molar-refractivity contribution is 8.00. The molecule has 4 aromatic rings. The minimum atomic E-state index is -0.446. The first-order chi connectivity index (χ1) is 15.9. The van der Waals surface area contributed by atoms with Gasteiger partial charge in [0.25, 0.3) is 0 Å². The number of pyridine rings is 1. The number of rotatable bonds is 7. The summed E-state index contributed by atoms with van der Waals surface area (Å²) in [7, 11) is 0. The molecule has 0 aliphatic heterocycles. The molecule has 0 aliphatic carbocycles. The van der Waals surface area contributed by atoms with E-state index < -0.39 is 5.25 Å². The number of hydrogen-bond donors (Lipinski definition) is 1. The first kappa shape index (κ1) is 22.9. The van der Waals surface area contributed by atoms with Gasteiger partial charge < -0.3 is 5.32 Å². The van der Waals surface area contributed by atoms with Gasteiger partial charge in [-0.05, 0) is 61.4 Å². The second-order valence-electron chi connectivity index (χ2n) is 7.37. The summed E-state index contributed by atoms with van der Waals surface area (Å²) in [6, 6.07) is 15.4. The predicted molar refractivity (Wildman–Crippen MR) is 128 cm³/mol. The van der Waals surface area contributed by atoms with Gasteiger partial charge in [0, 0.05) is 29.5 Å². The molecule has 6 nitrogen and oxygen atoms in total. The molecule has 0 aliphatic rings. The number of nitrogens with one attached hydrogen (secondary N) is 1. The van der Waals surface area contributed by atoms with Crippen molar-refractivity contribution in [2.75, 3.05) is 0 Å². The van der Waals surface area contributed by atoms with Gasteiger partial charge in [-0.15, -0.1) is 10.2 Å². The molecule has 1 N–H and O–H groups in total. The standard InChI is InChI=1S/C24H21ClFN5OS/c1-15-20(25)4-3-5-21(15)31-22(18-10-12-27-13-11-18)29-30-24(31)33-16(2)23(32)28-14-17-6-8-19(26)9-7-17/h3-13,16H,14H2,1-2H3,(H,28,32). The first-order valence-corrected chi connectivity index (χ1v) is 11.5. The second-order valence-corrected chi connectivity index (χ2v) is 9.08. The minimum absolute atomic E-state index is 0.160. The van der Waals surface area contributed by atoms with Gasteiger partial charge in [-0.2, -0.15) is 0 Å². The highest BCUT2D eigenvalue weighted by Crippen LogP contribution is 2.33. The quantitative estimate of drug-likeness (QED) is 0.366. The summed E-state index contributed by atoms with van der Waals surface area (Å²) in [4.78, 5) is 16.8. The van der Waals surface area contributed by atoms with Crippen LogP contribution in [-0.2, 0) is 11.3 Å². The minimum Gasteiger partial charge on any atom is -0.351 e. The Kier molecular flexibility index (Phi) is 7.05. The van der Waals surface area contributed by atoms with Crippen LogP contribution in [0, 0.1) is 12.7 Å². The lowest BCUT2D eigenvalue weighted by molar-refractivity contribution is -0.120. The number of carbonyl (C=O) groups excluding carboxylic acids is 1. The van der Waals surface area contributed by atoms with E-state index >= 15 is 0 Å². The smallest absolute Gasteiger partial charge is 0.233 e. The van der Waals surface area contributed by atoms with Crippen molar-refractivity contribution < 1.29 is 9.18 Å². The Morgan fingerprint density at radius 2 is 1.85 bits per heavy atom. The van der Waals surface area contributed by atoms with Crippen molar-refractivity contribution in [2.24, 2.45) is 0 Å². The zero-order valence-electron chi connectivity index (χ0n) is 18.0. The Hall–Kier alpha value is -3.23. The van der Waals surface area contributed by atoms with Gasteiger partial charge in [-0.1, -0.05) is 41.6 Å². The van der Waals surface area contributed by atoms with Crippen LogP contribution in [0.5, 0.6) is 0 Å². The molecule has 33 heavy (non-hydrogen) atoms. The molecule has 1 amide bonds. The number of halogens is 2. The number of aromatic nitrogens is 4. The molecular weight excluding hydrogens is 461 g/mol. The zero-order chi connectivity index (χ0) is 23.4. The molecule has 168 valence electrons. The van der Waals surface area contributed by atoms with E-state index in [0.29, 0.717) is 22.5 Å². The molecule has 2 aromatic carbocycles.